The molecule has 0 saturated carbocycles. The number of aryl methyl sites for hydroxylation is 2. The SMILES string of the molecule is Cc1cc(C(=O)OCC(=O)N[C@@H](C)c2ccccc2)c(C)o1. The summed E-state index contributed by atoms with van der Waals surface area (Å²) in [4.78, 5) is 23.7. The number of esters is 1. The van der Waals surface area contributed by atoms with E-state index < -0.39 is 5.97 Å². The molecule has 0 saturated heterocycles. The number of rotatable bonds is 5. The highest BCUT2D eigenvalue weighted by Crippen LogP contribution is 2.15. The van der Waals surface area contributed by atoms with Crippen molar-refractivity contribution < 1.29 is 18.7 Å². The Morgan fingerprint density at radius 1 is 1.23 bits per heavy atom. The molecule has 0 aliphatic carbocycles. The summed E-state index contributed by atoms with van der Waals surface area (Å²) in [6, 6.07) is 11.0. The van der Waals surface area contributed by atoms with E-state index in [0.717, 1.165) is 5.56 Å². The first-order valence-electron chi connectivity index (χ1n) is 7.06. The third-order valence-electron chi connectivity index (χ3n) is 3.27. The van der Waals surface area contributed by atoms with Crippen LogP contribution < -0.4 is 5.32 Å². The molecule has 1 N–H and O–H groups in total. The number of furan rings is 1. The van der Waals surface area contributed by atoms with Crippen LogP contribution in [0, 0.1) is 13.8 Å². The van der Waals surface area contributed by atoms with Crippen molar-refractivity contribution in [3.05, 3.63) is 59.0 Å². The van der Waals surface area contributed by atoms with Crippen molar-refractivity contribution in [3.63, 3.8) is 0 Å². The molecule has 1 aromatic carbocycles. The fourth-order valence-corrected chi connectivity index (χ4v) is 2.15. The monoisotopic (exact) mass is 301 g/mol. The molecule has 1 aromatic heterocycles. The molecule has 22 heavy (non-hydrogen) atoms. The van der Waals surface area contributed by atoms with Gasteiger partial charge in [-0.2, -0.15) is 0 Å². The van der Waals surface area contributed by atoms with Crippen molar-refractivity contribution in [2.45, 2.75) is 26.8 Å². The molecule has 0 bridgehead atoms. The normalized spacial score (nSPS) is 11.8. The lowest BCUT2D eigenvalue weighted by molar-refractivity contribution is -0.124. The molecule has 1 atom stereocenters. The van der Waals surface area contributed by atoms with Gasteiger partial charge in [-0.1, -0.05) is 30.3 Å². The van der Waals surface area contributed by atoms with Crippen LogP contribution in [0.5, 0.6) is 0 Å². The molecule has 0 unspecified atom stereocenters. The summed E-state index contributed by atoms with van der Waals surface area (Å²) in [5.74, 6) is 0.214. The average Bonchev–Trinajstić information content (AvgIpc) is 2.84. The summed E-state index contributed by atoms with van der Waals surface area (Å²) in [6.07, 6.45) is 0. The van der Waals surface area contributed by atoms with Crippen LogP contribution in [0.15, 0.2) is 40.8 Å². The van der Waals surface area contributed by atoms with E-state index in [-0.39, 0.29) is 18.6 Å². The number of carbonyl (C=O) groups is 2. The molecule has 2 rings (SSSR count). The molecule has 0 aliphatic rings. The van der Waals surface area contributed by atoms with Crippen LogP contribution in [0.2, 0.25) is 0 Å². The maximum atomic E-state index is 11.9. The number of amides is 1. The zero-order valence-corrected chi connectivity index (χ0v) is 12.9. The zero-order chi connectivity index (χ0) is 16.1. The zero-order valence-electron chi connectivity index (χ0n) is 12.9. The summed E-state index contributed by atoms with van der Waals surface area (Å²) in [5, 5.41) is 2.78. The lowest BCUT2D eigenvalue weighted by Crippen LogP contribution is -2.31. The van der Waals surface area contributed by atoms with Crippen LogP contribution in [0.3, 0.4) is 0 Å². The van der Waals surface area contributed by atoms with Gasteiger partial charge in [0.25, 0.3) is 5.91 Å². The first kappa shape index (κ1) is 15.8. The van der Waals surface area contributed by atoms with E-state index in [1.165, 1.54) is 0 Å². The van der Waals surface area contributed by atoms with Crippen molar-refractivity contribution >= 4 is 11.9 Å². The molecule has 0 fully saturated rings. The van der Waals surface area contributed by atoms with Crippen LogP contribution in [0.25, 0.3) is 0 Å². The Bertz CT molecular complexity index is 661. The number of ether oxygens (including phenoxy) is 1. The molecule has 5 heteroatoms. The Morgan fingerprint density at radius 2 is 1.91 bits per heavy atom. The van der Waals surface area contributed by atoms with Crippen molar-refractivity contribution in [2.75, 3.05) is 6.61 Å². The van der Waals surface area contributed by atoms with Gasteiger partial charge in [0.2, 0.25) is 0 Å². The van der Waals surface area contributed by atoms with Crippen LogP contribution >= 0.6 is 0 Å². The van der Waals surface area contributed by atoms with Crippen LogP contribution in [0.4, 0.5) is 0 Å². The highest BCUT2D eigenvalue weighted by molar-refractivity contribution is 5.92. The van der Waals surface area contributed by atoms with E-state index in [0.29, 0.717) is 17.1 Å². The molecule has 1 amide bonds. The third-order valence-corrected chi connectivity index (χ3v) is 3.27. The topological polar surface area (TPSA) is 68.5 Å². The molecule has 0 aliphatic heterocycles. The highest BCUT2D eigenvalue weighted by atomic mass is 16.5. The number of hydrogen-bond acceptors (Lipinski definition) is 4. The van der Waals surface area contributed by atoms with Gasteiger partial charge >= 0.3 is 5.97 Å². The Kier molecular flexibility index (Phi) is 4.99. The van der Waals surface area contributed by atoms with Gasteiger partial charge in [-0.25, -0.2) is 4.79 Å². The highest BCUT2D eigenvalue weighted by Gasteiger charge is 2.17. The van der Waals surface area contributed by atoms with E-state index in [9.17, 15) is 9.59 Å². The van der Waals surface area contributed by atoms with Gasteiger partial charge in [0.15, 0.2) is 6.61 Å². The molecule has 1 heterocycles. The van der Waals surface area contributed by atoms with Crippen LogP contribution in [-0.2, 0) is 9.53 Å². The number of nitrogens with one attached hydrogen (secondary N) is 1. The van der Waals surface area contributed by atoms with E-state index in [1.807, 2.05) is 37.3 Å². The lowest BCUT2D eigenvalue weighted by atomic mass is 10.1. The second-order valence-corrected chi connectivity index (χ2v) is 5.10. The summed E-state index contributed by atoms with van der Waals surface area (Å²) in [5.41, 5.74) is 1.34. The van der Waals surface area contributed by atoms with Crippen LogP contribution in [-0.4, -0.2) is 18.5 Å². The molecule has 0 radical (unpaired) electrons. The predicted molar refractivity (Wildman–Crippen MR) is 81.5 cm³/mol. The van der Waals surface area contributed by atoms with Gasteiger partial charge < -0.3 is 14.5 Å². The molecule has 0 spiro atoms. The number of hydrogen-bond donors (Lipinski definition) is 1. The van der Waals surface area contributed by atoms with Crippen molar-refractivity contribution in [3.8, 4) is 0 Å². The van der Waals surface area contributed by atoms with Crippen molar-refractivity contribution in [1.82, 2.24) is 5.32 Å². The minimum atomic E-state index is -0.558. The maximum absolute atomic E-state index is 11.9. The van der Waals surface area contributed by atoms with Gasteiger partial charge in [-0.15, -0.1) is 0 Å². The third kappa shape index (κ3) is 3.97. The summed E-state index contributed by atoms with van der Waals surface area (Å²) >= 11 is 0. The minimum Gasteiger partial charge on any atom is -0.466 e. The molecular formula is C17H19NO4. The largest absolute Gasteiger partial charge is 0.466 e. The molecule has 116 valence electrons. The van der Waals surface area contributed by atoms with E-state index in [1.54, 1.807) is 19.9 Å². The molecule has 2 aromatic rings. The second-order valence-electron chi connectivity index (χ2n) is 5.10. The maximum Gasteiger partial charge on any atom is 0.342 e. The summed E-state index contributed by atoms with van der Waals surface area (Å²) in [6.45, 7) is 4.98. The van der Waals surface area contributed by atoms with E-state index in [2.05, 4.69) is 5.32 Å². The van der Waals surface area contributed by atoms with Crippen molar-refractivity contribution in [1.29, 1.82) is 0 Å². The van der Waals surface area contributed by atoms with Gasteiger partial charge in [-0.3, -0.25) is 4.79 Å². The van der Waals surface area contributed by atoms with Gasteiger partial charge in [0, 0.05) is 0 Å². The molecule has 5 nitrogen and oxygen atoms in total. The predicted octanol–water partition coefficient (Wildman–Crippen LogP) is 2.93. The summed E-state index contributed by atoms with van der Waals surface area (Å²) < 4.78 is 10.3. The Morgan fingerprint density at radius 3 is 2.50 bits per heavy atom. The fraction of sp³-hybridized carbons (Fsp3) is 0.294. The van der Waals surface area contributed by atoms with E-state index in [4.69, 9.17) is 9.15 Å². The van der Waals surface area contributed by atoms with Crippen LogP contribution in [0.1, 0.15) is 40.4 Å². The Balaban J connectivity index is 1.85. The Labute approximate surface area is 129 Å². The standard InChI is InChI=1S/C17H19NO4/c1-11-9-15(13(3)22-11)17(20)21-10-16(19)18-12(2)14-7-5-4-6-8-14/h4-9,12H,10H2,1-3H3,(H,18,19)/t12-/m0/s1. The fourth-order valence-electron chi connectivity index (χ4n) is 2.15. The second kappa shape index (κ2) is 6.93. The minimum absolute atomic E-state index is 0.148. The van der Waals surface area contributed by atoms with Crippen molar-refractivity contribution in [2.24, 2.45) is 0 Å². The first-order chi connectivity index (χ1) is 10.5. The average molecular weight is 301 g/mol. The van der Waals surface area contributed by atoms with Gasteiger partial charge in [-0.05, 0) is 32.4 Å². The summed E-state index contributed by atoms with van der Waals surface area (Å²) in [7, 11) is 0. The number of carbonyl (C=O) groups excluding carboxylic acids is 2. The molecular weight excluding hydrogens is 282 g/mol. The van der Waals surface area contributed by atoms with Gasteiger partial charge in [0.05, 0.1) is 6.04 Å². The lowest BCUT2D eigenvalue weighted by Gasteiger charge is -2.14. The van der Waals surface area contributed by atoms with Gasteiger partial charge in [0.1, 0.15) is 17.1 Å². The number of benzene rings is 1. The first-order valence-corrected chi connectivity index (χ1v) is 7.06. The Hall–Kier alpha value is -2.56. The smallest absolute Gasteiger partial charge is 0.342 e. The van der Waals surface area contributed by atoms with E-state index >= 15 is 0 Å². The quantitative estimate of drug-likeness (QED) is 0.862.